The van der Waals surface area contributed by atoms with Gasteiger partial charge in [-0.05, 0) is 5.56 Å². The van der Waals surface area contributed by atoms with Gasteiger partial charge in [0.25, 0.3) is 0 Å². The van der Waals surface area contributed by atoms with Gasteiger partial charge in [0.05, 0.1) is 0 Å². The number of hydrogen-bond donors (Lipinski definition) is 3. The van der Waals surface area contributed by atoms with Crippen molar-refractivity contribution in [3.8, 4) is 0 Å². The molecule has 0 spiro atoms. The minimum absolute atomic E-state index is 0.323. The Balaban J connectivity index is 2.39. The molecule has 0 heterocycles. The second-order valence-electron chi connectivity index (χ2n) is 2.40. The first kappa shape index (κ1) is 8.20. The highest BCUT2D eigenvalue weighted by Crippen LogP contribution is 1.96. The lowest BCUT2D eigenvalue weighted by Gasteiger charge is -2.00. The van der Waals surface area contributed by atoms with Gasteiger partial charge in [-0.15, -0.1) is 0 Å². The molecule has 0 aliphatic heterocycles. The van der Waals surface area contributed by atoms with Crippen molar-refractivity contribution in [2.75, 3.05) is 6.54 Å². The van der Waals surface area contributed by atoms with Crippen molar-refractivity contribution in [2.24, 2.45) is 0 Å². The van der Waals surface area contributed by atoms with Crippen LogP contribution < -0.4 is 5.23 Å². The highest BCUT2D eigenvalue weighted by molar-refractivity contribution is 5.14. The van der Waals surface area contributed by atoms with Gasteiger partial charge < -0.3 is 0 Å². The lowest BCUT2D eigenvalue weighted by Crippen LogP contribution is -3.07. The van der Waals surface area contributed by atoms with Crippen molar-refractivity contribution in [1.29, 1.82) is 0 Å². The molecule has 0 aliphatic carbocycles. The molecule has 0 radical (unpaired) electrons. The van der Waals surface area contributed by atoms with Crippen LogP contribution in [0.5, 0.6) is 0 Å². The van der Waals surface area contributed by atoms with E-state index in [9.17, 15) is 0 Å². The number of hydrogen-bond acceptors (Lipinski definition) is 2. The third kappa shape index (κ3) is 3.13. The molecule has 1 aromatic carbocycles. The van der Waals surface area contributed by atoms with Crippen LogP contribution in [0.15, 0.2) is 30.3 Å². The summed E-state index contributed by atoms with van der Waals surface area (Å²) in [5, 5.41) is 16.5. The fraction of sp³-hybridized carbons (Fsp3) is 0.250. The topological polar surface area (TPSA) is 44.9 Å². The third-order valence-electron chi connectivity index (χ3n) is 1.48. The quantitative estimate of drug-likeness (QED) is 0.532. The van der Waals surface area contributed by atoms with Crippen LogP contribution in [-0.2, 0) is 6.42 Å². The molecule has 0 saturated heterocycles. The summed E-state index contributed by atoms with van der Waals surface area (Å²) in [5.74, 6) is 0. The summed E-state index contributed by atoms with van der Waals surface area (Å²) in [5.41, 5.74) is 1.12. The average molecular weight is 154 g/mol. The maximum absolute atomic E-state index is 8.49. The van der Waals surface area contributed by atoms with E-state index in [4.69, 9.17) is 10.4 Å². The largest absolute Gasteiger partial charge is 0.184 e. The molecule has 1 aromatic rings. The van der Waals surface area contributed by atoms with Crippen molar-refractivity contribution in [1.82, 2.24) is 0 Å². The first-order chi connectivity index (χ1) is 5.29. The summed E-state index contributed by atoms with van der Waals surface area (Å²) in [6.45, 7) is 0.323. The predicted molar refractivity (Wildman–Crippen MR) is 39.5 cm³/mol. The van der Waals surface area contributed by atoms with E-state index in [0.717, 1.165) is 5.56 Å². The maximum Gasteiger partial charge on any atom is 0.144 e. The van der Waals surface area contributed by atoms with E-state index in [1.54, 1.807) is 0 Å². The third-order valence-corrected chi connectivity index (χ3v) is 1.48. The SMILES string of the molecule is O[NH+](O)CCc1ccccc1. The molecule has 3 N–H and O–H groups in total. The lowest BCUT2D eigenvalue weighted by molar-refractivity contribution is -1.24. The van der Waals surface area contributed by atoms with Crippen LogP contribution in [0.25, 0.3) is 0 Å². The van der Waals surface area contributed by atoms with Crippen molar-refractivity contribution in [3.05, 3.63) is 35.9 Å². The molecule has 0 aliphatic rings. The number of hydroxylamine groups is 2. The van der Waals surface area contributed by atoms with Gasteiger partial charge in [0.15, 0.2) is 0 Å². The van der Waals surface area contributed by atoms with Gasteiger partial charge in [0.1, 0.15) is 6.54 Å². The lowest BCUT2D eigenvalue weighted by atomic mass is 10.2. The molecule has 3 heteroatoms. The molecule has 0 amide bonds. The van der Waals surface area contributed by atoms with E-state index in [0.29, 0.717) is 13.0 Å². The standard InChI is InChI=1S/C8H11NO2/c10-9(11)7-6-8-4-2-1-3-5-8/h1-5,10-11H,6-7H2/p+1. The first-order valence-electron chi connectivity index (χ1n) is 3.57. The van der Waals surface area contributed by atoms with E-state index in [2.05, 4.69) is 0 Å². The van der Waals surface area contributed by atoms with Crippen LogP contribution in [0.3, 0.4) is 0 Å². The number of benzene rings is 1. The van der Waals surface area contributed by atoms with E-state index in [1.807, 2.05) is 30.3 Å². The summed E-state index contributed by atoms with van der Waals surface area (Å²) in [6.07, 6.45) is 0.684. The molecular formula is C8H12NO2+. The Morgan fingerprint density at radius 1 is 1.09 bits per heavy atom. The van der Waals surface area contributed by atoms with Gasteiger partial charge >= 0.3 is 0 Å². The zero-order valence-electron chi connectivity index (χ0n) is 6.20. The van der Waals surface area contributed by atoms with Gasteiger partial charge in [-0.25, -0.2) is 0 Å². The summed E-state index contributed by atoms with van der Waals surface area (Å²) < 4.78 is 0. The van der Waals surface area contributed by atoms with Gasteiger partial charge in [-0.3, -0.25) is 0 Å². The van der Waals surface area contributed by atoms with E-state index in [-0.39, 0.29) is 0 Å². The summed E-state index contributed by atoms with van der Waals surface area (Å²) in [4.78, 5) is 0. The van der Waals surface area contributed by atoms with Crippen molar-refractivity contribution < 1.29 is 15.6 Å². The minimum atomic E-state index is -0.492. The molecule has 0 fully saturated rings. The van der Waals surface area contributed by atoms with E-state index < -0.39 is 5.23 Å². The molecule has 1 rings (SSSR count). The highest BCUT2D eigenvalue weighted by Gasteiger charge is 1.98. The zero-order valence-corrected chi connectivity index (χ0v) is 6.20. The first-order valence-corrected chi connectivity index (χ1v) is 3.57. The van der Waals surface area contributed by atoms with Crippen LogP contribution in [0, 0.1) is 0 Å². The van der Waals surface area contributed by atoms with E-state index in [1.165, 1.54) is 0 Å². The molecule has 11 heavy (non-hydrogen) atoms. The molecule has 0 unspecified atom stereocenters. The van der Waals surface area contributed by atoms with Crippen LogP contribution in [0.2, 0.25) is 0 Å². The maximum atomic E-state index is 8.49. The normalized spacial score (nSPS) is 10.5. The van der Waals surface area contributed by atoms with Gasteiger partial charge in [-0.1, -0.05) is 35.6 Å². The summed E-state index contributed by atoms with van der Waals surface area (Å²) in [6, 6.07) is 9.73. The summed E-state index contributed by atoms with van der Waals surface area (Å²) in [7, 11) is 0. The molecular weight excluding hydrogens is 142 g/mol. The van der Waals surface area contributed by atoms with Crippen molar-refractivity contribution in [3.63, 3.8) is 0 Å². The van der Waals surface area contributed by atoms with Crippen molar-refractivity contribution >= 4 is 0 Å². The van der Waals surface area contributed by atoms with Gasteiger partial charge in [-0.2, -0.15) is 10.4 Å². The Kier molecular flexibility index (Phi) is 3.04. The molecule has 0 saturated carbocycles. The van der Waals surface area contributed by atoms with Crippen LogP contribution in [-0.4, -0.2) is 17.0 Å². The van der Waals surface area contributed by atoms with Crippen LogP contribution in [0.1, 0.15) is 5.56 Å². The van der Waals surface area contributed by atoms with Crippen LogP contribution >= 0.6 is 0 Å². The Bertz CT molecular complexity index is 199. The Labute approximate surface area is 65.4 Å². The Hall–Kier alpha value is -0.900. The van der Waals surface area contributed by atoms with Crippen molar-refractivity contribution in [2.45, 2.75) is 6.42 Å². The Morgan fingerprint density at radius 2 is 1.73 bits per heavy atom. The fourth-order valence-corrected chi connectivity index (χ4v) is 0.901. The van der Waals surface area contributed by atoms with E-state index >= 15 is 0 Å². The molecule has 0 bridgehead atoms. The fourth-order valence-electron chi connectivity index (χ4n) is 0.901. The molecule has 3 nitrogen and oxygen atoms in total. The number of nitrogens with one attached hydrogen (secondary N) is 1. The second kappa shape index (κ2) is 4.08. The molecule has 0 aromatic heterocycles. The molecule has 60 valence electrons. The number of quaternary nitrogens is 1. The predicted octanol–water partition coefficient (Wildman–Crippen LogP) is -0.108. The molecule has 0 atom stereocenters. The smallest absolute Gasteiger partial charge is 0.144 e. The minimum Gasteiger partial charge on any atom is -0.184 e. The highest BCUT2D eigenvalue weighted by atomic mass is 16.8. The Morgan fingerprint density at radius 3 is 2.27 bits per heavy atom. The average Bonchev–Trinajstić information content (AvgIpc) is 2.03. The van der Waals surface area contributed by atoms with Gasteiger partial charge in [0.2, 0.25) is 0 Å². The number of rotatable bonds is 3. The second-order valence-corrected chi connectivity index (χ2v) is 2.40. The van der Waals surface area contributed by atoms with Gasteiger partial charge in [0, 0.05) is 6.42 Å². The van der Waals surface area contributed by atoms with Crippen LogP contribution in [0.4, 0.5) is 0 Å². The monoisotopic (exact) mass is 154 g/mol. The summed E-state index contributed by atoms with van der Waals surface area (Å²) >= 11 is 0. The zero-order chi connectivity index (χ0) is 8.10.